The number of benzene rings is 3. The van der Waals surface area contributed by atoms with Gasteiger partial charge in [-0.3, -0.25) is 9.59 Å². The van der Waals surface area contributed by atoms with Crippen LogP contribution in [0, 0.1) is 0 Å². The summed E-state index contributed by atoms with van der Waals surface area (Å²) in [6.45, 7) is 4.35. The zero-order valence-electron chi connectivity index (χ0n) is 20.9. The third-order valence-electron chi connectivity index (χ3n) is 6.23. The quantitative estimate of drug-likeness (QED) is 0.395. The molecule has 0 aliphatic heterocycles. The molecule has 0 unspecified atom stereocenters. The Kier molecular flexibility index (Phi) is 9.91. The molecule has 1 N–H and O–H groups in total. The molecule has 5 nitrogen and oxygen atoms in total. The van der Waals surface area contributed by atoms with Gasteiger partial charge in [-0.2, -0.15) is 0 Å². The molecule has 0 aliphatic carbocycles. The van der Waals surface area contributed by atoms with Crippen molar-refractivity contribution in [1.82, 2.24) is 10.2 Å². The number of carbonyl (C=O) groups is 2. The first-order chi connectivity index (χ1) is 17.0. The molecule has 0 fully saturated rings. The Morgan fingerprint density at radius 2 is 1.51 bits per heavy atom. The number of ether oxygens (including phenoxy) is 1. The lowest BCUT2D eigenvalue weighted by Crippen LogP contribution is -2.52. The van der Waals surface area contributed by atoms with E-state index in [4.69, 9.17) is 4.74 Å². The van der Waals surface area contributed by atoms with Crippen molar-refractivity contribution in [2.24, 2.45) is 0 Å². The Bertz CT molecular complexity index is 1070. The molecule has 2 atom stereocenters. The molecule has 0 bridgehead atoms. The molecule has 0 spiro atoms. The highest BCUT2D eigenvalue weighted by Crippen LogP contribution is 2.20. The van der Waals surface area contributed by atoms with Gasteiger partial charge < -0.3 is 15.0 Å². The molecule has 3 aromatic carbocycles. The molecule has 0 aliphatic rings. The van der Waals surface area contributed by atoms with Gasteiger partial charge in [-0.15, -0.1) is 0 Å². The Balaban J connectivity index is 1.92. The van der Waals surface area contributed by atoms with Gasteiger partial charge in [-0.1, -0.05) is 79.7 Å². The SMILES string of the molecule is CC[C@H](C)NC(=O)[C@H](Cc1ccccc1)N(Cc1cccc(OC)c1)C(=O)CCc1ccccc1. The normalized spacial score (nSPS) is 12.4. The minimum absolute atomic E-state index is 0.0267. The van der Waals surface area contributed by atoms with Crippen molar-refractivity contribution < 1.29 is 14.3 Å². The summed E-state index contributed by atoms with van der Waals surface area (Å²) in [5, 5.41) is 3.11. The number of hydrogen-bond acceptors (Lipinski definition) is 3. The van der Waals surface area contributed by atoms with Crippen molar-refractivity contribution in [3.63, 3.8) is 0 Å². The molecule has 0 aromatic heterocycles. The van der Waals surface area contributed by atoms with Crippen molar-refractivity contribution in [3.8, 4) is 5.75 Å². The Morgan fingerprint density at radius 1 is 0.886 bits per heavy atom. The smallest absolute Gasteiger partial charge is 0.243 e. The molecule has 0 radical (unpaired) electrons. The van der Waals surface area contributed by atoms with E-state index in [9.17, 15) is 9.59 Å². The zero-order valence-corrected chi connectivity index (χ0v) is 20.9. The first kappa shape index (κ1) is 26.0. The topological polar surface area (TPSA) is 58.6 Å². The molecule has 0 saturated heterocycles. The summed E-state index contributed by atoms with van der Waals surface area (Å²) in [4.78, 5) is 28.9. The Hall–Kier alpha value is -3.60. The monoisotopic (exact) mass is 472 g/mol. The van der Waals surface area contributed by atoms with Gasteiger partial charge in [-0.05, 0) is 48.6 Å². The van der Waals surface area contributed by atoms with Crippen LogP contribution in [-0.4, -0.2) is 35.9 Å². The molecule has 184 valence electrons. The predicted octanol–water partition coefficient (Wildman–Crippen LogP) is 5.18. The summed E-state index contributed by atoms with van der Waals surface area (Å²) >= 11 is 0. The predicted molar refractivity (Wildman–Crippen MR) is 140 cm³/mol. The van der Waals surface area contributed by atoms with Gasteiger partial charge in [0.2, 0.25) is 11.8 Å². The summed E-state index contributed by atoms with van der Waals surface area (Å²) < 4.78 is 5.39. The average Bonchev–Trinajstić information content (AvgIpc) is 2.90. The van der Waals surface area contributed by atoms with Crippen molar-refractivity contribution >= 4 is 11.8 Å². The lowest BCUT2D eigenvalue weighted by molar-refractivity contribution is -0.141. The second kappa shape index (κ2) is 13.3. The highest BCUT2D eigenvalue weighted by molar-refractivity contribution is 5.88. The summed E-state index contributed by atoms with van der Waals surface area (Å²) in [6.07, 6.45) is 2.22. The van der Waals surface area contributed by atoms with E-state index in [0.717, 1.165) is 28.9 Å². The van der Waals surface area contributed by atoms with E-state index in [1.165, 1.54) is 0 Å². The van der Waals surface area contributed by atoms with Gasteiger partial charge in [0.25, 0.3) is 0 Å². The highest BCUT2D eigenvalue weighted by atomic mass is 16.5. The van der Waals surface area contributed by atoms with Gasteiger partial charge in [0.05, 0.1) is 7.11 Å². The molecule has 3 rings (SSSR count). The first-order valence-corrected chi connectivity index (χ1v) is 12.3. The van der Waals surface area contributed by atoms with Crippen molar-refractivity contribution in [3.05, 3.63) is 102 Å². The van der Waals surface area contributed by atoms with Crippen molar-refractivity contribution in [2.45, 2.75) is 58.2 Å². The van der Waals surface area contributed by atoms with Crippen LogP contribution in [-0.2, 0) is 29.0 Å². The standard InChI is InChI=1S/C30H36N2O3/c1-4-23(2)31-30(34)28(21-25-14-9-6-10-15-25)32(22-26-16-11-17-27(20-26)35-3)29(33)19-18-24-12-7-5-8-13-24/h5-17,20,23,28H,4,18-19,21-22H2,1-3H3,(H,31,34)/t23-,28-/m0/s1. The molecule has 2 amide bonds. The van der Waals surface area contributed by atoms with E-state index in [1.807, 2.05) is 98.8 Å². The van der Waals surface area contributed by atoms with Gasteiger partial charge in [0.1, 0.15) is 11.8 Å². The van der Waals surface area contributed by atoms with Crippen LogP contribution in [0.1, 0.15) is 43.4 Å². The van der Waals surface area contributed by atoms with Crippen LogP contribution in [0.3, 0.4) is 0 Å². The van der Waals surface area contributed by atoms with E-state index in [0.29, 0.717) is 25.8 Å². The van der Waals surface area contributed by atoms with Crippen molar-refractivity contribution in [2.75, 3.05) is 7.11 Å². The van der Waals surface area contributed by atoms with E-state index in [1.54, 1.807) is 12.0 Å². The third kappa shape index (κ3) is 7.99. The van der Waals surface area contributed by atoms with Gasteiger partial charge in [0, 0.05) is 25.4 Å². The maximum Gasteiger partial charge on any atom is 0.243 e. The lowest BCUT2D eigenvalue weighted by Gasteiger charge is -2.32. The zero-order chi connectivity index (χ0) is 25.0. The van der Waals surface area contributed by atoms with E-state index < -0.39 is 6.04 Å². The summed E-state index contributed by atoms with van der Waals surface area (Å²) in [5.41, 5.74) is 3.04. The molecule has 35 heavy (non-hydrogen) atoms. The van der Waals surface area contributed by atoms with Crippen LogP contribution in [0.25, 0.3) is 0 Å². The second-order valence-electron chi connectivity index (χ2n) is 8.88. The number of carbonyl (C=O) groups excluding carboxylic acids is 2. The Labute approximate surface area is 209 Å². The Morgan fingerprint density at radius 3 is 2.14 bits per heavy atom. The van der Waals surface area contributed by atoms with Crippen LogP contribution in [0.15, 0.2) is 84.9 Å². The van der Waals surface area contributed by atoms with E-state index in [2.05, 4.69) is 5.32 Å². The fourth-order valence-electron chi connectivity index (χ4n) is 4.00. The number of aryl methyl sites for hydroxylation is 1. The number of nitrogens with zero attached hydrogens (tertiary/aromatic N) is 1. The van der Waals surface area contributed by atoms with Crippen molar-refractivity contribution in [1.29, 1.82) is 0 Å². The molecule has 5 heteroatoms. The second-order valence-corrected chi connectivity index (χ2v) is 8.88. The number of amides is 2. The number of nitrogens with one attached hydrogen (secondary N) is 1. The van der Waals surface area contributed by atoms with Gasteiger partial charge in [0.15, 0.2) is 0 Å². The maximum atomic E-state index is 13.7. The number of rotatable bonds is 12. The molecular formula is C30H36N2O3. The lowest BCUT2D eigenvalue weighted by atomic mass is 10.0. The third-order valence-corrected chi connectivity index (χ3v) is 6.23. The van der Waals surface area contributed by atoms with Gasteiger partial charge >= 0.3 is 0 Å². The average molecular weight is 473 g/mol. The minimum atomic E-state index is -0.624. The maximum absolute atomic E-state index is 13.7. The molecule has 3 aromatic rings. The molecule has 0 saturated carbocycles. The first-order valence-electron chi connectivity index (χ1n) is 12.3. The van der Waals surface area contributed by atoms with Gasteiger partial charge in [-0.25, -0.2) is 0 Å². The minimum Gasteiger partial charge on any atom is -0.497 e. The summed E-state index contributed by atoms with van der Waals surface area (Å²) in [7, 11) is 1.62. The molecular weight excluding hydrogens is 436 g/mol. The number of hydrogen-bond donors (Lipinski definition) is 1. The van der Waals surface area contributed by atoms with Crippen LogP contribution in [0.5, 0.6) is 5.75 Å². The summed E-state index contributed by atoms with van der Waals surface area (Å²) in [6, 6.07) is 26.9. The van der Waals surface area contributed by atoms with E-state index in [-0.39, 0.29) is 17.9 Å². The van der Waals surface area contributed by atoms with Crippen LogP contribution < -0.4 is 10.1 Å². The largest absolute Gasteiger partial charge is 0.497 e. The number of methoxy groups -OCH3 is 1. The van der Waals surface area contributed by atoms with Crippen LogP contribution in [0.4, 0.5) is 0 Å². The fourth-order valence-corrected chi connectivity index (χ4v) is 4.00. The summed E-state index contributed by atoms with van der Waals surface area (Å²) in [5.74, 6) is 0.555. The fraction of sp³-hybridized carbons (Fsp3) is 0.333. The van der Waals surface area contributed by atoms with E-state index >= 15 is 0 Å². The van der Waals surface area contributed by atoms with Crippen LogP contribution >= 0.6 is 0 Å². The highest BCUT2D eigenvalue weighted by Gasteiger charge is 2.30. The van der Waals surface area contributed by atoms with Crippen LogP contribution in [0.2, 0.25) is 0 Å². The molecule has 0 heterocycles.